The van der Waals surface area contributed by atoms with E-state index in [1.807, 2.05) is 55.5 Å². The van der Waals surface area contributed by atoms with Gasteiger partial charge >= 0.3 is 0 Å². The van der Waals surface area contributed by atoms with Crippen LogP contribution in [0.1, 0.15) is 38.3 Å². The Morgan fingerprint density at radius 3 is 1.76 bits per heavy atom. The molecule has 2 nitrogen and oxygen atoms in total. The minimum atomic E-state index is 0.590. The molecule has 0 atom stereocenters. The van der Waals surface area contributed by atoms with Crippen LogP contribution < -0.4 is 0 Å². The van der Waals surface area contributed by atoms with Gasteiger partial charge in [0.25, 0.3) is 0 Å². The maximum absolute atomic E-state index is 5.13. The predicted molar refractivity (Wildman–Crippen MR) is 246 cm³/mol. The second-order valence-electron chi connectivity index (χ2n) is 12.9. The molecule has 0 aliphatic heterocycles. The summed E-state index contributed by atoms with van der Waals surface area (Å²) in [5.74, 6) is 0. The Bertz CT molecular complexity index is 2500. The molecule has 0 spiro atoms. The number of hydrogen-bond acceptors (Lipinski definition) is 2. The van der Waals surface area contributed by atoms with Crippen LogP contribution in [-0.4, -0.2) is 12.4 Å². The SMILES string of the molecule is C=C/C=C/C=C/C(=NCc1ccc2c3ccccc3c3ccccc3c2c1)c1ccc(-c2cccc3ccccc23)cc1.C=N/C=C/C=C/C=C\C.CCC. The number of hydrogen-bond donors (Lipinski definition) is 0. The van der Waals surface area contributed by atoms with Gasteiger partial charge in [0.1, 0.15) is 0 Å². The van der Waals surface area contributed by atoms with Gasteiger partial charge in [0.2, 0.25) is 0 Å². The van der Waals surface area contributed by atoms with E-state index in [1.54, 1.807) is 12.3 Å². The third-order valence-electron chi connectivity index (χ3n) is 8.85. The summed E-state index contributed by atoms with van der Waals surface area (Å²) in [6.07, 6.45) is 22.3. The van der Waals surface area contributed by atoms with Crippen LogP contribution in [0.5, 0.6) is 0 Å². The summed E-state index contributed by atoms with van der Waals surface area (Å²) >= 11 is 0. The van der Waals surface area contributed by atoms with Gasteiger partial charge < -0.3 is 0 Å². The monoisotopic (exact) mass is 714 g/mol. The lowest BCUT2D eigenvalue weighted by atomic mass is 9.93. The maximum Gasteiger partial charge on any atom is 0.0650 e. The van der Waals surface area contributed by atoms with Crippen molar-refractivity contribution in [3.8, 4) is 11.1 Å². The van der Waals surface area contributed by atoms with Gasteiger partial charge in [-0.3, -0.25) is 9.98 Å². The molecule has 0 N–H and O–H groups in total. The summed E-state index contributed by atoms with van der Waals surface area (Å²) in [4.78, 5) is 8.66. The first-order valence-electron chi connectivity index (χ1n) is 18.9. The highest BCUT2D eigenvalue weighted by molar-refractivity contribution is 6.25. The van der Waals surface area contributed by atoms with Gasteiger partial charge in [-0.2, -0.15) is 0 Å². The molecule has 0 fully saturated rings. The third-order valence-corrected chi connectivity index (χ3v) is 8.85. The molecule has 0 saturated carbocycles. The molecule has 0 aliphatic rings. The third kappa shape index (κ3) is 10.5. The summed E-state index contributed by atoms with van der Waals surface area (Å²) in [5, 5.41) is 10.2. The molecule has 55 heavy (non-hydrogen) atoms. The van der Waals surface area contributed by atoms with Crippen molar-refractivity contribution in [2.24, 2.45) is 9.98 Å². The van der Waals surface area contributed by atoms with E-state index in [0.717, 1.165) is 11.3 Å². The molecule has 7 aromatic carbocycles. The van der Waals surface area contributed by atoms with Gasteiger partial charge in [-0.15, -0.1) is 0 Å². The van der Waals surface area contributed by atoms with E-state index in [4.69, 9.17) is 4.99 Å². The van der Waals surface area contributed by atoms with E-state index in [2.05, 4.69) is 172 Å². The fraction of sp³-hybridized carbons (Fsp3) is 0.0943. The van der Waals surface area contributed by atoms with Crippen LogP contribution in [-0.2, 0) is 6.54 Å². The average Bonchev–Trinajstić information content (AvgIpc) is 3.24. The van der Waals surface area contributed by atoms with Crippen molar-refractivity contribution in [3.05, 3.63) is 218 Å². The Labute approximate surface area is 327 Å². The van der Waals surface area contributed by atoms with Crippen LogP contribution in [0.2, 0.25) is 0 Å². The molecule has 0 heterocycles. The van der Waals surface area contributed by atoms with Crippen molar-refractivity contribution in [1.29, 1.82) is 0 Å². The minimum Gasteiger partial charge on any atom is -0.280 e. The van der Waals surface area contributed by atoms with E-state index in [9.17, 15) is 0 Å². The van der Waals surface area contributed by atoms with Crippen LogP contribution in [0, 0.1) is 0 Å². The van der Waals surface area contributed by atoms with Crippen LogP contribution in [0.25, 0.3) is 54.2 Å². The first-order valence-corrected chi connectivity index (χ1v) is 18.9. The quantitative estimate of drug-likeness (QED) is 0.0765. The highest BCUT2D eigenvalue weighted by atomic mass is 14.7. The van der Waals surface area contributed by atoms with Crippen molar-refractivity contribution < 1.29 is 0 Å². The molecule has 0 bridgehead atoms. The highest BCUT2D eigenvalue weighted by Crippen LogP contribution is 2.35. The molecule has 7 aromatic rings. The first kappa shape index (κ1) is 39.6. The van der Waals surface area contributed by atoms with Crippen molar-refractivity contribution in [1.82, 2.24) is 0 Å². The Morgan fingerprint density at radius 1 is 0.564 bits per heavy atom. The Balaban J connectivity index is 0.000000422. The van der Waals surface area contributed by atoms with E-state index in [-0.39, 0.29) is 0 Å². The number of rotatable bonds is 10. The van der Waals surface area contributed by atoms with Crippen molar-refractivity contribution in [2.45, 2.75) is 33.7 Å². The second kappa shape index (κ2) is 21.2. The van der Waals surface area contributed by atoms with E-state index < -0.39 is 0 Å². The van der Waals surface area contributed by atoms with Gasteiger partial charge in [-0.1, -0.05) is 203 Å². The fourth-order valence-corrected chi connectivity index (χ4v) is 6.41. The van der Waals surface area contributed by atoms with Crippen LogP contribution >= 0.6 is 0 Å². The number of allylic oxidation sites excluding steroid dienone is 10. The summed E-state index contributed by atoms with van der Waals surface area (Å²) in [6, 6.07) is 48.0. The van der Waals surface area contributed by atoms with E-state index in [0.29, 0.717) is 6.54 Å². The zero-order chi connectivity index (χ0) is 38.7. The Hall–Kier alpha value is -6.64. The predicted octanol–water partition coefficient (Wildman–Crippen LogP) is 15.0. The lowest BCUT2D eigenvalue weighted by Crippen LogP contribution is -1.98. The molecule has 7 rings (SSSR count). The number of fused-ring (bicyclic) bond motifs is 7. The van der Waals surface area contributed by atoms with Gasteiger partial charge in [0.15, 0.2) is 0 Å². The first-order chi connectivity index (χ1) is 27.1. The molecule has 272 valence electrons. The van der Waals surface area contributed by atoms with Crippen LogP contribution in [0.3, 0.4) is 0 Å². The minimum absolute atomic E-state index is 0.590. The topological polar surface area (TPSA) is 24.7 Å². The molecule has 0 amide bonds. The van der Waals surface area contributed by atoms with Gasteiger partial charge in [-0.25, -0.2) is 0 Å². The Kier molecular flexibility index (Phi) is 15.2. The van der Waals surface area contributed by atoms with Crippen molar-refractivity contribution >= 4 is 55.5 Å². The molecule has 0 aliphatic carbocycles. The average molecular weight is 715 g/mol. The summed E-state index contributed by atoms with van der Waals surface area (Å²) in [6.45, 7) is 13.9. The number of nitrogens with zero attached hydrogens (tertiary/aromatic N) is 2. The lowest BCUT2D eigenvalue weighted by molar-refractivity contribution is 1.07. The molecule has 0 radical (unpaired) electrons. The highest BCUT2D eigenvalue weighted by Gasteiger charge is 2.10. The fourth-order valence-electron chi connectivity index (χ4n) is 6.41. The standard InChI is InChI=1S/C42H31N.C8H11N.C3H8/c1-2-3-4-5-21-42(33-25-23-32(24-26-33)35-20-12-14-31-13-6-7-15-34(31)35)43-29-30-22-27-40-38-18-9-8-16-36(38)37-17-10-11-19-39(37)41(40)28-30;1-3-4-5-6-7-8-9-2;1-3-2/h2-28H,1,29H2;3-8H,2H2,1H3;3H2,1-2H3/b4-3+,21-5+,43-42?;4-3-,6-5+,8-7+;. The van der Waals surface area contributed by atoms with E-state index >= 15 is 0 Å². The van der Waals surface area contributed by atoms with Crippen molar-refractivity contribution in [3.63, 3.8) is 0 Å². The Morgan fingerprint density at radius 2 is 1.13 bits per heavy atom. The summed E-state index contributed by atoms with van der Waals surface area (Å²) in [7, 11) is 0. The second-order valence-corrected chi connectivity index (χ2v) is 12.9. The van der Waals surface area contributed by atoms with E-state index in [1.165, 1.54) is 66.2 Å². The molecule has 0 saturated heterocycles. The van der Waals surface area contributed by atoms with Crippen LogP contribution in [0.15, 0.2) is 217 Å². The molecule has 0 unspecified atom stereocenters. The molecular formula is C53H50N2. The zero-order valence-electron chi connectivity index (χ0n) is 32.3. The summed E-state index contributed by atoms with van der Waals surface area (Å²) in [5.41, 5.74) is 5.66. The van der Waals surface area contributed by atoms with Crippen LogP contribution in [0.4, 0.5) is 0 Å². The maximum atomic E-state index is 5.13. The lowest BCUT2D eigenvalue weighted by Gasteiger charge is -2.11. The zero-order valence-corrected chi connectivity index (χ0v) is 32.3. The summed E-state index contributed by atoms with van der Waals surface area (Å²) < 4.78 is 0. The van der Waals surface area contributed by atoms with Gasteiger partial charge in [0.05, 0.1) is 12.3 Å². The number of benzene rings is 7. The molecule has 0 aromatic heterocycles. The number of aliphatic imine (C=N–C) groups is 2. The smallest absolute Gasteiger partial charge is 0.0650 e. The van der Waals surface area contributed by atoms with Gasteiger partial charge in [-0.05, 0) is 97.2 Å². The molecular weight excluding hydrogens is 665 g/mol. The normalized spacial score (nSPS) is 11.9. The van der Waals surface area contributed by atoms with Gasteiger partial charge in [0, 0.05) is 6.20 Å². The molecule has 2 heteroatoms. The van der Waals surface area contributed by atoms with Crippen molar-refractivity contribution in [2.75, 3.05) is 0 Å². The largest absolute Gasteiger partial charge is 0.280 e.